The van der Waals surface area contributed by atoms with Crippen LogP contribution in [-0.2, 0) is 4.79 Å². The van der Waals surface area contributed by atoms with E-state index in [1.165, 1.54) is 19.3 Å². The Morgan fingerprint density at radius 2 is 2.07 bits per heavy atom. The van der Waals surface area contributed by atoms with Gasteiger partial charge in [0.05, 0.1) is 0 Å². The number of hydrogen-bond donors (Lipinski definition) is 0. The molecule has 82 valence electrons. The van der Waals surface area contributed by atoms with E-state index in [2.05, 4.69) is 20.8 Å². The molecule has 0 aliphatic heterocycles. The lowest BCUT2D eigenvalue weighted by Crippen LogP contribution is -2.33. The predicted octanol–water partition coefficient (Wildman–Crippen LogP) is 3.82. The Morgan fingerprint density at radius 1 is 1.43 bits per heavy atom. The Balaban J connectivity index is 2.56. The van der Waals surface area contributed by atoms with Crippen molar-refractivity contribution in [1.82, 2.24) is 0 Å². The molecule has 0 unspecified atom stereocenters. The fraction of sp³-hybridized carbons (Fsp3) is 0.923. The summed E-state index contributed by atoms with van der Waals surface area (Å²) in [4.78, 5) is 11.0. The van der Waals surface area contributed by atoms with Crippen LogP contribution in [0.4, 0.5) is 0 Å². The number of carbonyl (C=O) groups excluding carboxylic acids is 1. The largest absolute Gasteiger partial charge is 0.300 e. The molecule has 0 saturated heterocycles. The average molecular weight is 196 g/mol. The molecule has 0 aromatic carbocycles. The third kappa shape index (κ3) is 2.83. The van der Waals surface area contributed by atoms with Crippen LogP contribution >= 0.6 is 0 Å². The van der Waals surface area contributed by atoms with Gasteiger partial charge in [-0.1, -0.05) is 33.6 Å². The third-order valence-corrected chi connectivity index (χ3v) is 3.98. The van der Waals surface area contributed by atoms with Crippen LogP contribution < -0.4 is 0 Å². The molecule has 0 heterocycles. The van der Waals surface area contributed by atoms with Gasteiger partial charge in [-0.15, -0.1) is 0 Å². The quantitative estimate of drug-likeness (QED) is 0.670. The van der Waals surface area contributed by atoms with Crippen molar-refractivity contribution < 1.29 is 4.79 Å². The summed E-state index contributed by atoms with van der Waals surface area (Å²) < 4.78 is 0. The maximum Gasteiger partial charge on any atom is 0.129 e. The van der Waals surface area contributed by atoms with Gasteiger partial charge in [0.2, 0.25) is 0 Å². The minimum Gasteiger partial charge on any atom is -0.300 e. The molecular formula is C13H24O. The first-order chi connectivity index (χ1) is 6.43. The van der Waals surface area contributed by atoms with Crippen LogP contribution in [0.1, 0.15) is 59.8 Å². The van der Waals surface area contributed by atoms with Crippen molar-refractivity contribution in [3.63, 3.8) is 0 Å². The highest BCUT2D eigenvalue weighted by Gasteiger charge is 2.36. The Morgan fingerprint density at radius 3 is 2.57 bits per heavy atom. The summed E-state index contributed by atoms with van der Waals surface area (Å²) in [5, 5.41) is 0. The van der Waals surface area contributed by atoms with Gasteiger partial charge >= 0.3 is 0 Å². The van der Waals surface area contributed by atoms with Crippen molar-refractivity contribution in [3.05, 3.63) is 0 Å². The van der Waals surface area contributed by atoms with E-state index in [0.29, 0.717) is 11.2 Å². The number of hydrogen-bond acceptors (Lipinski definition) is 1. The van der Waals surface area contributed by atoms with Gasteiger partial charge in [-0.05, 0) is 37.0 Å². The van der Waals surface area contributed by atoms with Crippen LogP contribution in [0.2, 0.25) is 0 Å². The molecule has 0 bridgehead atoms. The molecule has 1 aliphatic rings. The molecule has 0 spiro atoms. The first-order valence-corrected chi connectivity index (χ1v) is 5.93. The third-order valence-electron chi connectivity index (χ3n) is 3.98. The normalized spacial score (nSPS) is 31.4. The summed E-state index contributed by atoms with van der Waals surface area (Å²) in [5.41, 5.74) is 0.452. The van der Waals surface area contributed by atoms with Gasteiger partial charge in [0.1, 0.15) is 5.78 Å². The van der Waals surface area contributed by atoms with E-state index in [1.807, 2.05) is 0 Å². The minimum atomic E-state index is 0.346. The highest BCUT2D eigenvalue weighted by molar-refractivity contribution is 5.75. The molecule has 1 saturated carbocycles. The Hall–Kier alpha value is -0.330. The van der Waals surface area contributed by atoms with E-state index in [0.717, 1.165) is 24.7 Å². The van der Waals surface area contributed by atoms with Crippen LogP contribution in [0, 0.1) is 17.3 Å². The summed E-state index contributed by atoms with van der Waals surface area (Å²) in [5.74, 6) is 1.90. The lowest BCUT2D eigenvalue weighted by Gasteiger charge is -2.43. The fourth-order valence-corrected chi connectivity index (χ4v) is 3.07. The zero-order chi connectivity index (χ0) is 10.8. The molecule has 0 aromatic heterocycles. The molecule has 1 aliphatic carbocycles. The molecule has 0 N–H and O–H groups in total. The molecule has 1 nitrogen and oxygen atoms in total. The Bertz CT molecular complexity index is 205. The van der Waals surface area contributed by atoms with Crippen molar-refractivity contribution >= 4 is 5.78 Å². The number of rotatable bonds is 3. The molecule has 0 radical (unpaired) electrons. The van der Waals surface area contributed by atoms with Gasteiger partial charge < -0.3 is 4.79 Å². The van der Waals surface area contributed by atoms with E-state index >= 15 is 0 Å². The molecule has 0 aromatic rings. The Kier molecular flexibility index (Phi) is 3.74. The molecule has 1 heteroatoms. The van der Waals surface area contributed by atoms with Crippen LogP contribution in [-0.4, -0.2) is 5.78 Å². The fourth-order valence-electron chi connectivity index (χ4n) is 3.07. The van der Waals surface area contributed by atoms with Crippen LogP contribution in [0.15, 0.2) is 0 Å². The highest BCUT2D eigenvalue weighted by atomic mass is 16.1. The van der Waals surface area contributed by atoms with E-state index in [4.69, 9.17) is 0 Å². The maximum atomic E-state index is 11.0. The van der Waals surface area contributed by atoms with E-state index < -0.39 is 0 Å². The average Bonchev–Trinajstić information content (AvgIpc) is 2.01. The van der Waals surface area contributed by atoms with Crippen LogP contribution in [0.5, 0.6) is 0 Å². The smallest absolute Gasteiger partial charge is 0.129 e. The predicted molar refractivity (Wildman–Crippen MR) is 60.2 cm³/mol. The summed E-state index contributed by atoms with van der Waals surface area (Å²) in [7, 11) is 0. The Labute approximate surface area is 88.3 Å². The van der Waals surface area contributed by atoms with Crippen molar-refractivity contribution in [2.45, 2.75) is 59.8 Å². The first-order valence-electron chi connectivity index (χ1n) is 5.93. The maximum absolute atomic E-state index is 11.0. The first kappa shape index (κ1) is 11.7. The van der Waals surface area contributed by atoms with Crippen molar-refractivity contribution in [2.75, 3.05) is 0 Å². The van der Waals surface area contributed by atoms with Gasteiger partial charge in [-0.25, -0.2) is 0 Å². The SMILES string of the molecule is CC(=O)CC[C@H]1[C@H](C)CCCC1(C)C. The summed E-state index contributed by atoms with van der Waals surface area (Å²) in [6.45, 7) is 8.80. The lowest BCUT2D eigenvalue weighted by atomic mass is 9.62. The summed E-state index contributed by atoms with van der Waals surface area (Å²) in [6, 6.07) is 0. The molecule has 14 heavy (non-hydrogen) atoms. The zero-order valence-electron chi connectivity index (χ0n) is 10.1. The van der Waals surface area contributed by atoms with Gasteiger partial charge in [-0.3, -0.25) is 0 Å². The van der Waals surface area contributed by atoms with Gasteiger partial charge in [0.25, 0.3) is 0 Å². The minimum absolute atomic E-state index is 0.346. The molecular weight excluding hydrogens is 172 g/mol. The second kappa shape index (κ2) is 4.46. The van der Waals surface area contributed by atoms with E-state index in [9.17, 15) is 4.79 Å². The monoisotopic (exact) mass is 196 g/mol. The zero-order valence-corrected chi connectivity index (χ0v) is 10.1. The van der Waals surface area contributed by atoms with E-state index in [-0.39, 0.29) is 0 Å². The summed E-state index contributed by atoms with van der Waals surface area (Å²) in [6.07, 6.45) is 5.93. The number of carbonyl (C=O) groups is 1. The molecule has 1 rings (SSSR count). The number of Topliss-reactive ketones (excluding diaryl/α,β-unsaturated/α-hetero) is 1. The van der Waals surface area contributed by atoms with Crippen LogP contribution in [0.25, 0.3) is 0 Å². The standard InChI is InChI=1S/C13H24O/c1-10-6-5-9-13(3,4)12(10)8-7-11(2)14/h10,12H,5-9H2,1-4H3/t10-,12+/m1/s1. The van der Waals surface area contributed by atoms with E-state index in [1.54, 1.807) is 6.92 Å². The number of ketones is 1. The second-order valence-corrected chi connectivity index (χ2v) is 5.71. The molecule has 1 fully saturated rings. The van der Waals surface area contributed by atoms with Crippen molar-refractivity contribution in [1.29, 1.82) is 0 Å². The van der Waals surface area contributed by atoms with Crippen LogP contribution in [0.3, 0.4) is 0 Å². The second-order valence-electron chi connectivity index (χ2n) is 5.71. The lowest BCUT2D eigenvalue weighted by molar-refractivity contribution is -0.117. The molecule has 0 amide bonds. The van der Waals surface area contributed by atoms with Gasteiger partial charge in [0.15, 0.2) is 0 Å². The molecule has 2 atom stereocenters. The van der Waals surface area contributed by atoms with Crippen molar-refractivity contribution in [3.8, 4) is 0 Å². The highest BCUT2D eigenvalue weighted by Crippen LogP contribution is 2.45. The van der Waals surface area contributed by atoms with Gasteiger partial charge in [0, 0.05) is 6.42 Å². The van der Waals surface area contributed by atoms with Gasteiger partial charge in [-0.2, -0.15) is 0 Å². The summed E-state index contributed by atoms with van der Waals surface area (Å²) >= 11 is 0. The topological polar surface area (TPSA) is 17.1 Å². The van der Waals surface area contributed by atoms with Crippen molar-refractivity contribution in [2.24, 2.45) is 17.3 Å².